The van der Waals surface area contributed by atoms with Gasteiger partial charge in [0.2, 0.25) is 0 Å². The standard InChI is InChI=1S/C18H35N3O2/c1-18(2,3)23-17(22)20-16-9-7-15(8-10-16)19-14-6-5-12-21(4)13-11-14/h14-16,19H,5-13H2,1-4H3,(H,20,22). The van der Waals surface area contributed by atoms with Crippen LogP contribution in [-0.2, 0) is 4.74 Å². The number of carbonyl (C=O) groups is 1. The van der Waals surface area contributed by atoms with Crippen LogP contribution in [0.15, 0.2) is 0 Å². The van der Waals surface area contributed by atoms with Crippen LogP contribution in [0.1, 0.15) is 65.7 Å². The zero-order chi connectivity index (χ0) is 16.9. The molecule has 1 aliphatic carbocycles. The normalized spacial score (nSPS) is 30.5. The van der Waals surface area contributed by atoms with Crippen LogP contribution in [0, 0.1) is 0 Å². The Kier molecular flexibility index (Phi) is 6.72. The summed E-state index contributed by atoms with van der Waals surface area (Å²) in [5, 5.41) is 6.88. The molecule has 5 nitrogen and oxygen atoms in total. The van der Waals surface area contributed by atoms with E-state index in [0.717, 1.165) is 25.7 Å². The fraction of sp³-hybridized carbons (Fsp3) is 0.944. The van der Waals surface area contributed by atoms with Crippen LogP contribution in [0.25, 0.3) is 0 Å². The van der Waals surface area contributed by atoms with E-state index in [0.29, 0.717) is 12.1 Å². The Hall–Kier alpha value is -0.810. The number of amides is 1. The number of hydrogen-bond donors (Lipinski definition) is 2. The molecular weight excluding hydrogens is 290 g/mol. The lowest BCUT2D eigenvalue weighted by Crippen LogP contribution is -2.46. The number of ether oxygens (including phenoxy) is 1. The molecule has 1 atom stereocenters. The Bertz CT molecular complexity index is 373. The van der Waals surface area contributed by atoms with E-state index in [1.165, 1.54) is 32.4 Å². The van der Waals surface area contributed by atoms with Crippen molar-refractivity contribution in [3.05, 3.63) is 0 Å². The maximum absolute atomic E-state index is 11.8. The van der Waals surface area contributed by atoms with Crippen molar-refractivity contribution in [2.75, 3.05) is 20.1 Å². The molecule has 1 amide bonds. The first kappa shape index (κ1) is 18.5. The van der Waals surface area contributed by atoms with Gasteiger partial charge in [-0.15, -0.1) is 0 Å². The number of rotatable bonds is 3. The number of alkyl carbamates (subject to hydrolysis) is 1. The molecule has 0 aromatic carbocycles. The summed E-state index contributed by atoms with van der Waals surface area (Å²) >= 11 is 0. The molecule has 1 saturated heterocycles. The van der Waals surface area contributed by atoms with Crippen LogP contribution in [-0.4, -0.2) is 54.9 Å². The lowest BCUT2D eigenvalue weighted by Gasteiger charge is -2.32. The molecular formula is C18H35N3O2. The second kappa shape index (κ2) is 8.34. The highest BCUT2D eigenvalue weighted by atomic mass is 16.6. The second-order valence-corrected chi connectivity index (χ2v) is 8.29. The van der Waals surface area contributed by atoms with Gasteiger partial charge >= 0.3 is 6.09 Å². The van der Waals surface area contributed by atoms with Crippen molar-refractivity contribution in [3.63, 3.8) is 0 Å². The molecule has 2 rings (SSSR count). The Balaban J connectivity index is 1.66. The third-order valence-corrected chi connectivity index (χ3v) is 4.87. The summed E-state index contributed by atoms with van der Waals surface area (Å²) in [5.41, 5.74) is -0.421. The Morgan fingerprint density at radius 2 is 1.57 bits per heavy atom. The first-order valence-corrected chi connectivity index (χ1v) is 9.26. The van der Waals surface area contributed by atoms with Gasteiger partial charge in [0, 0.05) is 18.1 Å². The van der Waals surface area contributed by atoms with Crippen molar-refractivity contribution in [2.45, 2.75) is 89.4 Å². The van der Waals surface area contributed by atoms with Crippen LogP contribution >= 0.6 is 0 Å². The van der Waals surface area contributed by atoms with Gasteiger partial charge in [-0.3, -0.25) is 0 Å². The summed E-state index contributed by atoms with van der Waals surface area (Å²) in [6.07, 6.45) is 7.95. The largest absolute Gasteiger partial charge is 0.444 e. The molecule has 1 saturated carbocycles. The fourth-order valence-corrected chi connectivity index (χ4v) is 3.62. The first-order chi connectivity index (χ1) is 10.8. The lowest BCUT2D eigenvalue weighted by atomic mass is 9.90. The van der Waals surface area contributed by atoms with E-state index in [-0.39, 0.29) is 12.1 Å². The van der Waals surface area contributed by atoms with Gasteiger partial charge in [0.25, 0.3) is 0 Å². The molecule has 23 heavy (non-hydrogen) atoms. The molecule has 134 valence electrons. The number of hydrogen-bond acceptors (Lipinski definition) is 4. The van der Waals surface area contributed by atoms with Gasteiger partial charge in [0.15, 0.2) is 0 Å². The van der Waals surface area contributed by atoms with Gasteiger partial charge in [-0.2, -0.15) is 0 Å². The molecule has 1 aliphatic heterocycles. The number of nitrogens with zero attached hydrogens (tertiary/aromatic N) is 1. The molecule has 0 radical (unpaired) electrons. The van der Waals surface area contributed by atoms with Gasteiger partial charge in [0.05, 0.1) is 0 Å². The highest BCUT2D eigenvalue weighted by Crippen LogP contribution is 2.21. The van der Waals surface area contributed by atoms with Crippen molar-refractivity contribution in [3.8, 4) is 0 Å². The van der Waals surface area contributed by atoms with E-state index in [2.05, 4.69) is 22.6 Å². The van der Waals surface area contributed by atoms with E-state index >= 15 is 0 Å². The van der Waals surface area contributed by atoms with E-state index in [1.54, 1.807) is 0 Å². The van der Waals surface area contributed by atoms with E-state index in [9.17, 15) is 4.79 Å². The highest BCUT2D eigenvalue weighted by Gasteiger charge is 2.26. The zero-order valence-electron chi connectivity index (χ0n) is 15.4. The Morgan fingerprint density at radius 1 is 0.957 bits per heavy atom. The molecule has 0 spiro atoms. The van der Waals surface area contributed by atoms with Gasteiger partial charge in [-0.05, 0) is 85.9 Å². The van der Waals surface area contributed by atoms with E-state index in [1.807, 2.05) is 20.8 Å². The quantitative estimate of drug-likeness (QED) is 0.838. The predicted molar refractivity (Wildman–Crippen MR) is 93.7 cm³/mol. The molecule has 0 aromatic heterocycles. The third-order valence-electron chi connectivity index (χ3n) is 4.87. The van der Waals surface area contributed by atoms with E-state index < -0.39 is 5.60 Å². The smallest absolute Gasteiger partial charge is 0.407 e. The van der Waals surface area contributed by atoms with Crippen molar-refractivity contribution < 1.29 is 9.53 Å². The number of nitrogens with one attached hydrogen (secondary N) is 2. The molecule has 1 unspecified atom stereocenters. The minimum Gasteiger partial charge on any atom is -0.444 e. The summed E-state index contributed by atoms with van der Waals surface area (Å²) in [6, 6.07) is 1.54. The lowest BCUT2D eigenvalue weighted by molar-refractivity contribution is 0.0489. The maximum Gasteiger partial charge on any atom is 0.407 e. The van der Waals surface area contributed by atoms with E-state index in [4.69, 9.17) is 4.74 Å². The monoisotopic (exact) mass is 325 g/mol. The first-order valence-electron chi connectivity index (χ1n) is 9.26. The summed E-state index contributed by atoms with van der Waals surface area (Å²) in [6.45, 7) is 8.13. The average molecular weight is 325 g/mol. The fourth-order valence-electron chi connectivity index (χ4n) is 3.62. The average Bonchev–Trinajstić information content (AvgIpc) is 2.64. The maximum atomic E-state index is 11.8. The molecule has 2 fully saturated rings. The van der Waals surface area contributed by atoms with Gasteiger partial charge in [-0.25, -0.2) is 4.79 Å². The van der Waals surface area contributed by atoms with Gasteiger partial charge < -0.3 is 20.3 Å². The molecule has 2 N–H and O–H groups in total. The summed E-state index contributed by atoms with van der Waals surface area (Å²) < 4.78 is 5.34. The van der Waals surface area contributed by atoms with Crippen LogP contribution in [0.5, 0.6) is 0 Å². The van der Waals surface area contributed by atoms with Crippen LogP contribution in [0.4, 0.5) is 4.79 Å². The molecule has 0 aromatic rings. The third kappa shape index (κ3) is 7.08. The second-order valence-electron chi connectivity index (χ2n) is 8.29. The van der Waals surface area contributed by atoms with Crippen molar-refractivity contribution >= 4 is 6.09 Å². The number of carbonyl (C=O) groups excluding carboxylic acids is 1. The van der Waals surface area contributed by atoms with Gasteiger partial charge in [0.1, 0.15) is 5.60 Å². The molecule has 5 heteroatoms. The van der Waals surface area contributed by atoms with Crippen molar-refractivity contribution in [2.24, 2.45) is 0 Å². The predicted octanol–water partition coefficient (Wildman–Crippen LogP) is 2.90. The SMILES string of the molecule is CN1CCCC(NC2CCC(NC(=O)OC(C)(C)C)CC2)CC1. The summed E-state index contributed by atoms with van der Waals surface area (Å²) in [5.74, 6) is 0. The number of likely N-dealkylation sites (tertiary alicyclic amines) is 1. The summed E-state index contributed by atoms with van der Waals surface area (Å²) in [4.78, 5) is 14.3. The Labute approximate surface area is 141 Å². The topological polar surface area (TPSA) is 53.6 Å². The van der Waals surface area contributed by atoms with Crippen LogP contribution in [0.2, 0.25) is 0 Å². The van der Waals surface area contributed by atoms with Crippen LogP contribution < -0.4 is 10.6 Å². The minimum absolute atomic E-state index is 0.267. The van der Waals surface area contributed by atoms with Crippen LogP contribution in [0.3, 0.4) is 0 Å². The molecule has 1 heterocycles. The van der Waals surface area contributed by atoms with Crippen molar-refractivity contribution in [1.82, 2.24) is 15.5 Å². The van der Waals surface area contributed by atoms with Gasteiger partial charge in [-0.1, -0.05) is 0 Å². The van der Waals surface area contributed by atoms with Crippen molar-refractivity contribution in [1.29, 1.82) is 0 Å². The Morgan fingerprint density at radius 3 is 2.22 bits per heavy atom. The highest BCUT2D eigenvalue weighted by molar-refractivity contribution is 5.68. The molecule has 2 aliphatic rings. The minimum atomic E-state index is -0.421. The zero-order valence-corrected chi connectivity index (χ0v) is 15.4. The summed E-state index contributed by atoms with van der Waals surface area (Å²) in [7, 11) is 2.22. The molecule has 0 bridgehead atoms.